The first-order valence-corrected chi connectivity index (χ1v) is 5.06. The molecule has 1 aliphatic rings. The van der Waals surface area contributed by atoms with Gasteiger partial charge in [0.1, 0.15) is 0 Å². The first-order valence-electron chi connectivity index (χ1n) is 5.06. The SMILES string of the molecule is CC1=[N+](C)N(C)[C@H](C)[C@H]1C(C)(C)C. The van der Waals surface area contributed by atoms with Gasteiger partial charge in [0.05, 0.1) is 19.0 Å². The summed E-state index contributed by atoms with van der Waals surface area (Å²) in [6.07, 6.45) is 0. The maximum absolute atomic E-state index is 2.32. The average molecular weight is 183 g/mol. The van der Waals surface area contributed by atoms with E-state index in [1.54, 1.807) is 0 Å². The zero-order chi connectivity index (χ0) is 10.4. The second-order valence-corrected chi connectivity index (χ2v) is 5.32. The molecule has 0 aliphatic carbocycles. The van der Waals surface area contributed by atoms with Gasteiger partial charge in [-0.15, -0.1) is 4.68 Å². The molecule has 13 heavy (non-hydrogen) atoms. The highest BCUT2D eigenvalue weighted by molar-refractivity contribution is 5.81. The van der Waals surface area contributed by atoms with Gasteiger partial charge in [0.2, 0.25) is 0 Å². The van der Waals surface area contributed by atoms with Crippen LogP contribution in [0.2, 0.25) is 0 Å². The number of rotatable bonds is 0. The summed E-state index contributed by atoms with van der Waals surface area (Å²) in [4.78, 5) is 0. The molecule has 0 unspecified atom stereocenters. The van der Waals surface area contributed by atoms with Gasteiger partial charge in [-0.25, -0.2) is 0 Å². The van der Waals surface area contributed by atoms with E-state index in [0.717, 1.165) is 0 Å². The maximum Gasteiger partial charge on any atom is 0.185 e. The number of hydrogen-bond acceptors (Lipinski definition) is 1. The summed E-state index contributed by atoms with van der Waals surface area (Å²) in [5, 5.41) is 2.32. The maximum atomic E-state index is 2.32. The van der Waals surface area contributed by atoms with E-state index in [-0.39, 0.29) is 0 Å². The van der Waals surface area contributed by atoms with Crippen molar-refractivity contribution in [3.8, 4) is 0 Å². The Bertz CT molecular complexity index is 235. The van der Waals surface area contributed by atoms with Crippen molar-refractivity contribution in [2.45, 2.75) is 40.7 Å². The average Bonchev–Trinajstić information content (AvgIpc) is 2.14. The number of hydrazine groups is 1. The second-order valence-electron chi connectivity index (χ2n) is 5.32. The lowest BCUT2D eigenvalue weighted by Crippen LogP contribution is -2.37. The fourth-order valence-electron chi connectivity index (χ4n) is 2.64. The van der Waals surface area contributed by atoms with Crippen LogP contribution < -0.4 is 0 Å². The molecule has 2 nitrogen and oxygen atoms in total. The smallest absolute Gasteiger partial charge is 0.185 e. The first-order chi connectivity index (χ1) is 5.76. The lowest BCUT2D eigenvalue weighted by Gasteiger charge is -2.28. The molecule has 0 spiro atoms. The molecule has 0 radical (unpaired) electrons. The highest BCUT2D eigenvalue weighted by Gasteiger charge is 2.45. The van der Waals surface area contributed by atoms with Crippen molar-refractivity contribution in [3.05, 3.63) is 0 Å². The summed E-state index contributed by atoms with van der Waals surface area (Å²) in [6, 6.07) is 0.616. The fourth-order valence-corrected chi connectivity index (χ4v) is 2.64. The zero-order valence-electron chi connectivity index (χ0n) is 10.0. The summed E-state index contributed by atoms with van der Waals surface area (Å²) in [7, 11) is 4.32. The summed E-state index contributed by atoms with van der Waals surface area (Å²) in [5.41, 5.74) is 1.85. The molecular weight excluding hydrogens is 160 g/mol. The van der Waals surface area contributed by atoms with E-state index < -0.39 is 0 Å². The van der Waals surface area contributed by atoms with E-state index in [9.17, 15) is 0 Å². The molecule has 76 valence electrons. The Morgan fingerprint density at radius 2 is 1.77 bits per heavy atom. The van der Waals surface area contributed by atoms with Crippen molar-refractivity contribution in [1.29, 1.82) is 0 Å². The Hall–Kier alpha value is -0.530. The van der Waals surface area contributed by atoms with Gasteiger partial charge in [-0.3, -0.25) is 0 Å². The number of hydrogen-bond donors (Lipinski definition) is 0. The lowest BCUT2D eigenvalue weighted by atomic mass is 9.75. The van der Waals surface area contributed by atoms with E-state index in [1.807, 2.05) is 0 Å². The molecule has 0 amide bonds. The molecule has 0 fully saturated rings. The minimum atomic E-state index is 0.364. The van der Waals surface area contributed by atoms with E-state index >= 15 is 0 Å². The third kappa shape index (κ3) is 1.59. The second kappa shape index (κ2) is 3.00. The van der Waals surface area contributed by atoms with Gasteiger partial charge in [0.15, 0.2) is 12.8 Å². The van der Waals surface area contributed by atoms with E-state index in [2.05, 4.69) is 58.4 Å². The fraction of sp³-hybridized carbons (Fsp3) is 0.909. The van der Waals surface area contributed by atoms with Crippen molar-refractivity contribution in [2.75, 3.05) is 14.1 Å². The van der Waals surface area contributed by atoms with Gasteiger partial charge < -0.3 is 0 Å². The zero-order valence-corrected chi connectivity index (χ0v) is 10.0. The van der Waals surface area contributed by atoms with Gasteiger partial charge in [-0.2, -0.15) is 5.01 Å². The molecule has 0 bridgehead atoms. The summed E-state index contributed by atoms with van der Waals surface area (Å²) in [5.74, 6) is 0.669. The Morgan fingerprint density at radius 1 is 1.31 bits per heavy atom. The molecule has 0 aromatic carbocycles. The topological polar surface area (TPSA) is 6.25 Å². The van der Waals surface area contributed by atoms with Crippen LogP contribution in [0.15, 0.2) is 0 Å². The van der Waals surface area contributed by atoms with Gasteiger partial charge in [-0.05, 0) is 12.3 Å². The monoisotopic (exact) mass is 183 g/mol. The molecule has 1 heterocycles. The molecule has 0 saturated heterocycles. The summed E-state index contributed by atoms with van der Waals surface area (Å²) < 4.78 is 2.28. The third-order valence-electron chi connectivity index (χ3n) is 3.44. The van der Waals surface area contributed by atoms with E-state index in [4.69, 9.17) is 0 Å². The van der Waals surface area contributed by atoms with Crippen LogP contribution in [-0.4, -0.2) is 35.5 Å². The minimum Gasteiger partial charge on any atom is -0.186 e. The van der Waals surface area contributed by atoms with Crippen molar-refractivity contribution in [2.24, 2.45) is 11.3 Å². The first kappa shape index (κ1) is 10.6. The molecule has 0 aromatic heterocycles. The number of hydrazone groups is 1. The standard InChI is InChI=1S/C11H23N2/c1-8-10(11(3,4)5)9(2)13(7)12(8)6/h8,10H,1-7H3/q+1/t8-,10-/m1/s1. The summed E-state index contributed by atoms with van der Waals surface area (Å²) >= 11 is 0. The molecule has 0 aromatic rings. The van der Waals surface area contributed by atoms with Crippen LogP contribution in [0, 0.1) is 11.3 Å². The van der Waals surface area contributed by atoms with Gasteiger partial charge >= 0.3 is 0 Å². The van der Waals surface area contributed by atoms with Crippen molar-refractivity contribution in [3.63, 3.8) is 0 Å². The van der Waals surface area contributed by atoms with E-state index in [0.29, 0.717) is 17.4 Å². The molecule has 1 rings (SSSR count). The highest BCUT2D eigenvalue weighted by Crippen LogP contribution is 2.35. The van der Waals surface area contributed by atoms with Crippen LogP contribution in [0.25, 0.3) is 0 Å². The third-order valence-corrected chi connectivity index (χ3v) is 3.44. The Morgan fingerprint density at radius 3 is 1.92 bits per heavy atom. The van der Waals surface area contributed by atoms with Crippen molar-refractivity contribution in [1.82, 2.24) is 5.01 Å². The van der Waals surface area contributed by atoms with Gasteiger partial charge in [-0.1, -0.05) is 20.8 Å². The molecular formula is C11H23N2+. The summed E-state index contributed by atoms with van der Waals surface area (Å²) in [6.45, 7) is 11.5. The van der Waals surface area contributed by atoms with Crippen LogP contribution in [0.4, 0.5) is 0 Å². The van der Waals surface area contributed by atoms with Gasteiger partial charge in [0, 0.05) is 6.92 Å². The van der Waals surface area contributed by atoms with Crippen LogP contribution in [0.5, 0.6) is 0 Å². The minimum absolute atomic E-state index is 0.364. The Labute approximate surface area is 82.2 Å². The normalized spacial score (nSPS) is 30.2. The Kier molecular flexibility index (Phi) is 2.44. The van der Waals surface area contributed by atoms with Crippen molar-refractivity contribution >= 4 is 5.71 Å². The van der Waals surface area contributed by atoms with Crippen molar-refractivity contribution < 1.29 is 4.68 Å². The highest BCUT2D eigenvalue weighted by atomic mass is 15.6. The quantitative estimate of drug-likeness (QED) is 0.521. The van der Waals surface area contributed by atoms with Gasteiger partial charge in [0.25, 0.3) is 0 Å². The molecule has 1 aliphatic heterocycles. The van der Waals surface area contributed by atoms with Crippen LogP contribution >= 0.6 is 0 Å². The molecule has 0 saturated carbocycles. The van der Waals surface area contributed by atoms with Crippen LogP contribution in [0.1, 0.15) is 34.6 Å². The van der Waals surface area contributed by atoms with E-state index in [1.165, 1.54) is 5.71 Å². The largest absolute Gasteiger partial charge is 0.186 e. The predicted octanol–water partition coefficient (Wildman–Crippen LogP) is 2.00. The Balaban J connectivity index is 3.02. The predicted molar refractivity (Wildman–Crippen MR) is 57.0 cm³/mol. The molecule has 2 heteroatoms. The molecule has 2 atom stereocenters. The van der Waals surface area contributed by atoms with Crippen LogP contribution in [0.3, 0.4) is 0 Å². The lowest BCUT2D eigenvalue weighted by molar-refractivity contribution is -0.658. The number of nitrogens with zero attached hydrogens (tertiary/aromatic N) is 2. The van der Waals surface area contributed by atoms with Crippen LogP contribution in [-0.2, 0) is 0 Å². The molecule has 0 N–H and O–H groups in total.